The number of aliphatic hydroxyl groups is 1. The number of carboxylic acids is 2. The molecule has 4 rings (SSSR count). The molecular weight excluding hydrogens is 438 g/mol. The Morgan fingerprint density at radius 3 is 1.82 bits per heavy atom. The summed E-state index contributed by atoms with van der Waals surface area (Å²) in [6, 6.07) is 18.6. The number of hydrogen-bond donors (Lipinski definition) is 3. The van der Waals surface area contributed by atoms with Crippen LogP contribution < -0.4 is 0 Å². The maximum Gasteiger partial charge on any atom is 0.347 e. The number of fused-ring (bicyclic) bond motifs is 2. The molecule has 34 heavy (non-hydrogen) atoms. The van der Waals surface area contributed by atoms with Crippen molar-refractivity contribution in [1.82, 2.24) is 4.90 Å². The molecule has 3 N–H and O–H groups in total. The Hall–Kier alpha value is -3.49. The van der Waals surface area contributed by atoms with Crippen LogP contribution in [0.25, 0.3) is 0 Å². The van der Waals surface area contributed by atoms with Gasteiger partial charge in [0, 0.05) is 24.7 Å². The highest BCUT2D eigenvalue weighted by Gasteiger charge is 2.45. The molecule has 8 heteroatoms. The number of aliphatic carboxylic acids is 2. The summed E-state index contributed by atoms with van der Waals surface area (Å²) < 4.78 is 5.88. The maximum atomic E-state index is 13.2. The Morgan fingerprint density at radius 1 is 0.882 bits per heavy atom. The first-order valence-corrected chi connectivity index (χ1v) is 11.1. The van der Waals surface area contributed by atoms with Gasteiger partial charge in [0.1, 0.15) is 6.10 Å². The van der Waals surface area contributed by atoms with E-state index in [4.69, 9.17) is 14.9 Å². The van der Waals surface area contributed by atoms with E-state index in [1.807, 2.05) is 36.4 Å². The number of carboxylic acid groups (broad SMARTS) is 2. The molecule has 1 saturated carbocycles. The molecule has 8 nitrogen and oxygen atoms in total. The van der Waals surface area contributed by atoms with Gasteiger partial charge in [-0.1, -0.05) is 60.7 Å². The minimum absolute atomic E-state index is 0.129. The van der Waals surface area contributed by atoms with Crippen molar-refractivity contribution in [3.05, 3.63) is 83.9 Å². The Bertz CT molecular complexity index is 964. The van der Waals surface area contributed by atoms with E-state index in [1.54, 1.807) is 24.3 Å². The number of ether oxygens (including phenoxy) is 1. The average Bonchev–Trinajstić information content (AvgIpc) is 3.09. The lowest BCUT2D eigenvalue weighted by Gasteiger charge is -2.32. The average molecular weight is 468 g/mol. The Balaban J connectivity index is 0.000000350. The summed E-state index contributed by atoms with van der Waals surface area (Å²) in [4.78, 5) is 34.6. The summed E-state index contributed by atoms with van der Waals surface area (Å²) in [6.07, 6.45) is 3.90. The van der Waals surface area contributed by atoms with E-state index >= 15 is 0 Å². The van der Waals surface area contributed by atoms with Crippen LogP contribution in [0.15, 0.2) is 72.8 Å². The fourth-order valence-corrected chi connectivity index (χ4v) is 4.65. The van der Waals surface area contributed by atoms with Crippen molar-refractivity contribution in [2.45, 2.75) is 37.0 Å². The zero-order valence-corrected chi connectivity index (χ0v) is 18.9. The topological polar surface area (TPSA) is 124 Å². The number of carbonyl (C=O) groups is 3. The largest absolute Gasteiger partial charge is 0.478 e. The van der Waals surface area contributed by atoms with Crippen molar-refractivity contribution >= 4 is 17.9 Å². The predicted octanol–water partition coefficient (Wildman–Crippen LogP) is 2.66. The first-order valence-electron chi connectivity index (χ1n) is 11.1. The van der Waals surface area contributed by atoms with Gasteiger partial charge in [-0.05, 0) is 43.4 Å². The first-order chi connectivity index (χ1) is 16.2. The first kappa shape index (κ1) is 25.1. The predicted molar refractivity (Wildman–Crippen MR) is 124 cm³/mol. The normalized spacial score (nSPS) is 22.0. The Labute approximate surface area is 198 Å². The van der Waals surface area contributed by atoms with Crippen LogP contribution in [0.2, 0.25) is 0 Å². The molecule has 2 aromatic carbocycles. The third kappa shape index (κ3) is 6.09. The van der Waals surface area contributed by atoms with Gasteiger partial charge in [-0.15, -0.1) is 0 Å². The molecule has 1 aliphatic carbocycles. The number of esters is 1. The highest BCUT2D eigenvalue weighted by molar-refractivity contribution is 5.89. The third-order valence-electron chi connectivity index (χ3n) is 6.23. The van der Waals surface area contributed by atoms with Gasteiger partial charge >= 0.3 is 17.9 Å². The van der Waals surface area contributed by atoms with Gasteiger partial charge in [0.05, 0.1) is 0 Å². The van der Waals surface area contributed by atoms with Crippen LogP contribution in [0.4, 0.5) is 0 Å². The van der Waals surface area contributed by atoms with Crippen molar-refractivity contribution in [3.8, 4) is 0 Å². The third-order valence-corrected chi connectivity index (χ3v) is 6.23. The molecule has 3 atom stereocenters. The summed E-state index contributed by atoms with van der Waals surface area (Å²) >= 11 is 0. The van der Waals surface area contributed by atoms with E-state index in [1.165, 1.54) is 6.42 Å². The van der Waals surface area contributed by atoms with E-state index in [9.17, 15) is 19.5 Å². The lowest BCUT2D eigenvalue weighted by atomic mass is 9.85. The standard InChI is InChI=1S/C22H25NO3.C4H4O4/c1-23-15-16-12-19(23)14-20(13-16)26-21(24)22(25,17-8-4-2-5-9-17)18-10-6-3-7-11-18;5-3(6)1-2-4(7)8/h2-11,16,19-20,25H,12-15H2,1H3;1-2H,(H,5,6)(H,7,8)/b;2-1+/t16?,19?,20-;/m0./s1. The molecule has 2 aliphatic rings. The zero-order valence-electron chi connectivity index (χ0n) is 18.9. The van der Waals surface area contributed by atoms with Gasteiger partial charge in [0.25, 0.3) is 0 Å². The van der Waals surface area contributed by atoms with Gasteiger partial charge in [-0.2, -0.15) is 0 Å². The fraction of sp³-hybridized carbons (Fsp3) is 0.346. The molecule has 1 aliphatic heterocycles. The van der Waals surface area contributed by atoms with Crippen LogP contribution in [0, 0.1) is 5.92 Å². The molecule has 0 aromatic heterocycles. The molecule has 180 valence electrons. The summed E-state index contributed by atoms with van der Waals surface area (Å²) in [6.45, 7) is 1.07. The smallest absolute Gasteiger partial charge is 0.347 e. The molecule has 0 amide bonds. The summed E-state index contributed by atoms with van der Waals surface area (Å²) in [5.41, 5.74) is -0.718. The molecule has 0 radical (unpaired) electrons. The summed E-state index contributed by atoms with van der Waals surface area (Å²) in [5, 5.41) is 27.1. The van der Waals surface area contributed by atoms with E-state index in [-0.39, 0.29) is 6.10 Å². The van der Waals surface area contributed by atoms with Gasteiger partial charge in [-0.3, -0.25) is 0 Å². The monoisotopic (exact) mass is 467 g/mol. The summed E-state index contributed by atoms with van der Waals surface area (Å²) in [5.74, 6) is -2.51. The summed E-state index contributed by atoms with van der Waals surface area (Å²) in [7, 11) is 2.14. The molecule has 2 unspecified atom stereocenters. The molecule has 2 bridgehead atoms. The van der Waals surface area contributed by atoms with E-state index in [0.717, 1.165) is 19.4 Å². The lowest BCUT2D eigenvalue weighted by molar-refractivity contribution is -0.170. The second-order valence-corrected chi connectivity index (χ2v) is 8.65. The van der Waals surface area contributed by atoms with Crippen molar-refractivity contribution < 1.29 is 34.4 Å². The maximum absolute atomic E-state index is 13.2. The number of nitrogens with zero attached hydrogens (tertiary/aromatic N) is 1. The van der Waals surface area contributed by atoms with E-state index < -0.39 is 23.5 Å². The number of benzene rings is 2. The zero-order chi connectivity index (χ0) is 24.7. The van der Waals surface area contributed by atoms with Crippen LogP contribution in [-0.4, -0.2) is 63.9 Å². The highest BCUT2D eigenvalue weighted by atomic mass is 16.6. The molecule has 1 heterocycles. The second kappa shape index (κ2) is 11.1. The van der Waals surface area contributed by atoms with Crippen LogP contribution in [0.1, 0.15) is 30.4 Å². The highest BCUT2D eigenvalue weighted by Crippen LogP contribution is 2.38. The number of hydrogen-bond acceptors (Lipinski definition) is 6. The molecule has 0 spiro atoms. The molecule has 2 aromatic rings. The van der Waals surface area contributed by atoms with Gasteiger partial charge in [-0.25, -0.2) is 14.4 Å². The van der Waals surface area contributed by atoms with Gasteiger partial charge < -0.3 is 25.0 Å². The molecule has 1 saturated heterocycles. The van der Waals surface area contributed by atoms with E-state index in [2.05, 4.69) is 11.9 Å². The number of rotatable bonds is 6. The Morgan fingerprint density at radius 2 is 1.38 bits per heavy atom. The molecule has 2 fully saturated rings. The SMILES string of the molecule is CN1CC2CC1C[C@@H](OC(=O)C(O)(c1ccccc1)c1ccccc1)C2.O=C(O)/C=C/C(=O)O. The fourth-order valence-electron chi connectivity index (χ4n) is 4.65. The van der Waals surface area contributed by atoms with E-state index in [0.29, 0.717) is 35.2 Å². The number of likely N-dealkylation sites (tertiary alicyclic amines) is 1. The molecular formula is C26H29NO7. The Kier molecular flexibility index (Phi) is 8.20. The van der Waals surface area contributed by atoms with Crippen molar-refractivity contribution in [3.63, 3.8) is 0 Å². The quantitative estimate of drug-likeness (QED) is 0.438. The lowest BCUT2D eigenvalue weighted by Crippen LogP contribution is -2.42. The second-order valence-electron chi connectivity index (χ2n) is 8.65. The van der Waals surface area contributed by atoms with Gasteiger partial charge in [0.15, 0.2) is 0 Å². The van der Waals surface area contributed by atoms with Gasteiger partial charge in [0.2, 0.25) is 5.60 Å². The minimum atomic E-state index is -1.79. The van der Waals surface area contributed by atoms with Crippen LogP contribution in [0.5, 0.6) is 0 Å². The minimum Gasteiger partial charge on any atom is -0.478 e. The van der Waals surface area contributed by atoms with Crippen LogP contribution >= 0.6 is 0 Å². The van der Waals surface area contributed by atoms with Crippen molar-refractivity contribution in [1.29, 1.82) is 0 Å². The number of carbonyl (C=O) groups excluding carboxylic acids is 1. The van der Waals surface area contributed by atoms with Crippen LogP contribution in [0.3, 0.4) is 0 Å². The van der Waals surface area contributed by atoms with Crippen molar-refractivity contribution in [2.24, 2.45) is 5.92 Å². The van der Waals surface area contributed by atoms with Crippen LogP contribution in [-0.2, 0) is 24.7 Å². The van der Waals surface area contributed by atoms with Crippen molar-refractivity contribution in [2.75, 3.05) is 13.6 Å².